The molecule has 0 saturated heterocycles. The molecular weight excluding hydrogens is 216 g/mol. The van der Waals surface area contributed by atoms with Crippen LogP contribution < -0.4 is 11.3 Å². The molecule has 0 fully saturated rings. The molecule has 0 aliphatic carbocycles. The molecule has 3 N–H and O–H groups in total. The summed E-state index contributed by atoms with van der Waals surface area (Å²) in [7, 11) is 3.82. The summed E-state index contributed by atoms with van der Waals surface area (Å²) in [6, 6.07) is -0.0719. The van der Waals surface area contributed by atoms with Crippen molar-refractivity contribution in [2.75, 3.05) is 0 Å². The number of rotatable bonds is 3. The molecule has 2 rings (SSSR count). The van der Waals surface area contributed by atoms with Gasteiger partial charge >= 0.3 is 0 Å². The SMILES string of the molecule is Cc1nn(C)c(C)c1C(NN)c1cnn(C)c1. The Morgan fingerprint density at radius 1 is 1.35 bits per heavy atom. The van der Waals surface area contributed by atoms with Crippen LogP contribution in [0.5, 0.6) is 0 Å². The Balaban J connectivity index is 2.49. The summed E-state index contributed by atoms with van der Waals surface area (Å²) in [5, 5.41) is 8.58. The number of aromatic nitrogens is 4. The minimum atomic E-state index is -0.0719. The number of nitrogens with two attached hydrogens (primary N) is 1. The molecule has 6 heteroatoms. The molecule has 0 aliphatic rings. The molecule has 0 aliphatic heterocycles. The molecule has 92 valence electrons. The molecule has 0 aromatic carbocycles. The summed E-state index contributed by atoms with van der Waals surface area (Å²) in [5.41, 5.74) is 7.08. The number of nitrogens with zero attached hydrogens (tertiary/aromatic N) is 4. The van der Waals surface area contributed by atoms with Crippen LogP contribution >= 0.6 is 0 Å². The second-order valence-electron chi connectivity index (χ2n) is 4.26. The van der Waals surface area contributed by atoms with Crippen LogP contribution in [-0.2, 0) is 14.1 Å². The van der Waals surface area contributed by atoms with Gasteiger partial charge in [-0.15, -0.1) is 0 Å². The summed E-state index contributed by atoms with van der Waals surface area (Å²) in [6.07, 6.45) is 3.77. The molecule has 0 radical (unpaired) electrons. The van der Waals surface area contributed by atoms with E-state index in [-0.39, 0.29) is 6.04 Å². The fourth-order valence-corrected chi connectivity index (χ4v) is 2.14. The minimum absolute atomic E-state index is 0.0719. The van der Waals surface area contributed by atoms with Crippen LogP contribution in [0.15, 0.2) is 12.4 Å². The maximum absolute atomic E-state index is 5.67. The summed E-state index contributed by atoms with van der Waals surface area (Å²) in [5.74, 6) is 5.67. The monoisotopic (exact) mass is 234 g/mol. The largest absolute Gasteiger partial charge is 0.275 e. The van der Waals surface area contributed by atoms with Gasteiger partial charge < -0.3 is 0 Å². The van der Waals surface area contributed by atoms with E-state index in [2.05, 4.69) is 15.6 Å². The van der Waals surface area contributed by atoms with Crippen molar-refractivity contribution < 1.29 is 0 Å². The number of hydrogen-bond donors (Lipinski definition) is 2. The Kier molecular flexibility index (Phi) is 2.99. The highest BCUT2D eigenvalue weighted by molar-refractivity contribution is 5.35. The first-order chi connectivity index (χ1) is 8.04. The van der Waals surface area contributed by atoms with E-state index in [1.54, 1.807) is 4.68 Å². The van der Waals surface area contributed by atoms with Crippen LogP contribution in [0.4, 0.5) is 0 Å². The van der Waals surface area contributed by atoms with E-state index in [1.807, 2.05) is 45.0 Å². The zero-order chi connectivity index (χ0) is 12.6. The van der Waals surface area contributed by atoms with E-state index in [1.165, 1.54) is 0 Å². The van der Waals surface area contributed by atoms with Gasteiger partial charge in [-0.3, -0.25) is 15.2 Å². The number of hydrazine groups is 1. The fraction of sp³-hybridized carbons (Fsp3) is 0.455. The van der Waals surface area contributed by atoms with Crippen molar-refractivity contribution in [3.63, 3.8) is 0 Å². The van der Waals surface area contributed by atoms with Gasteiger partial charge in [-0.1, -0.05) is 0 Å². The third-order valence-electron chi connectivity index (χ3n) is 3.08. The van der Waals surface area contributed by atoms with E-state index in [0.717, 1.165) is 22.5 Å². The van der Waals surface area contributed by atoms with E-state index in [0.29, 0.717) is 0 Å². The van der Waals surface area contributed by atoms with Crippen molar-refractivity contribution in [2.45, 2.75) is 19.9 Å². The Morgan fingerprint density at radius 3 is 2.47 bits per heavy atom. The van der Waals surface area contributed by atoms with E-state index in [9.17, 15) is 0 Å². The van der Waals surface area contributed by atoms with E-state index < -0.39 is 0 Å². The van der Waals surface area contributed by atoms with Gasteiger partial charge in [0, 0.05) is 37.1 Å². The molecule has 2 aromatic heterocycles. The first kappa shape index (κ1) is 11.8. The molecule has 17 heavy (non-hydrogen) atoms. The summed E-state index contributed by atoms with van der Waals surface area (Å²) in [4.78, 5) is 0. The molecule has 0 bridgehead atoms. The predicted molar refractivity (Wildman–Crippen MR) is 65.1 cm³/mol. The van der Waals surface area contributed by atoms with Gasteiger partial charge in [-0.2, -0.15) is 10.2 Å². The highest BCUT2D eigenvalue weighted by Crippen LogP contribution is 2.26. The Hall–Kier alpha value is -1.66. The maximum atomic E-state index is 5.67. The van der Waals surface area contributed by atoms with Crippen LogP contribution in [0.1, 0.15) is 28.6 Å². The predicted octanol–water partition coefficient (Wildman–Crippen LogP) is 0.323. The highest BCUT2D eigenvalue weighted by atomic mass is 15.3. The average Bonchev–Trinajstić information content (AvgIpc) is 2.79. The third-order valence-corrected chi connectivity index (χ3v) is 3.08. The summed E-state index contributed by atoms with van der Waals surface area (Å²) >= 11 is 0. The number of hydrogen-bond acceptors (Lipinski definition) is 4. The number of aryl methyl sites for hydroxylation is 3. The lowest BCUT2D eigenvalue weighted by atomic mass is 10.0. The van der Waals surface area contributed by atoms with Crippen LogP contribution in [0.3, 0.4) is 0 Å². The van der Waals surface area contributed by atoms with Crippen molar-refractivity contribution >= 4 is 0 Å². The van der Waals surface area contributed by atoms with Gasteiger partial charge in [0.25, 0.3) is 0 Å². The molecule has 2 heterocycles. The lowest BCUT2D eigenvalue weighted by Crippen LogP contribution is -2.29. The van der Waals surface area contributed by atoms with Gasteiger partial charge in [-0.05, 0) is 13.8 Å². The van der Waals surface area contributed by atoms with Crippen molar-refractivity contribution in [3.05, 3.63) is 34.9 Å². The lowest BCUT2D eigenvalue weighted by Gasteiger charge is -2.15. The first-order valence-corrected chi connectivity index (χ1v) is 5.49. The normalized spacial score (nSPS) is 13.0. The van der Waals surface area contributed by atoms with Crippen molar-refractivity contribution in [1.82, 2.24) is 25.0 Å². The quantitative estimate of drug-likeness (QED) is 0.592. The van der Waals surface area contributed by atoms with Crippen LogP contribution in [0, 0.1) is 13.8 Å². The fourth-order valence-electron chi connectivity index (χ4n) is 2.14. The van der Waals surface area contributed by atoms with Crippen molar-refractivity contribution in [1.29, 1.82) is 0 Å². The molecular formula is C11H18N6. The number of nitrogens with one attached hydrogen (secondary N) is 1. The molecule has 0 spiro atoms. The Labute approximate surface area is 100 Å². The molecule has 0 amide bonds. The van der Waals surface area contributed by atoms with Gasteiger partial charge in [0.1, 0.15) is 0 Å². The zero-order valence-electron chi connectivity index (χ0n) is 10.6. The topological polar surface area (TPSA) is 73.7 Å². The molecule has 1 unspecified atom stereocenters. The lowest BCUT2D eigenvalue weighted by molar-refractivity contribution is 0.627. The van der Waals surface area contributed by atoms with Gasteiger partial charge in [0.15, 0.2) is 0 Å². The molecule has 1 atom stereocenters. The second kappa shape index (κ2) is 4.31. The van der Waals surface area contributed by atoms with Crippen LogP contribution in [-0.4, -0.2) is 19.6 Å². The van der Waals surface area contributed by atoms with Gasteiger partial charge in [0.05, 0.1) is 17.9 Å². The van der Waals surface area contributed by atoms with Crippen molar-refractivity contribution in [2.24, 2.45) is 19.9 Å². The highest BCUT2D eigenvalue weighted by Gasteiger charge is 2.21. The molecule has 6 nitrogen and oxygen atoms in total. The maximum Gasteiger partial charge on any atom is 0.0776 e. The Bertz CT molecular complexity index is 524. The second-order valence-corrected chi connectivity index (χ2v) is 4.26. The van der Waals surface area contributed by atoms with Crippen LogP contribution in [0.25, 0.3) is 0 Å². The van der Waals surface area contributed by atoms with Crippen LogP contribution in [0.2, 0.25) is 0 Å². The zero-order valence-corrected chi connectivity index (χ0v) is 10.6. The van der Waals surface area contributed by atoms with Crippen molar-refractivity contribution in [3.8, 4) is 0 Å². The van der Waals surface area contributed by atoms with Gasteiger partial charge in [-0.25, -0.2) is 5.43 Å². The molecule has 0 saturated carbocycles. The summed E-state index contributed by atoms with van der Waals surface area (Å²) in [6.45, 7) is 4.03. The summed E-state index contributed by atoms with van der Waals surface area (Å²) < 4.78 is 3.63. The van der Waals surface area contributed by atoms with E-state index in [4.69, 9.17) is 5.84 Å². The smallest absolute Gasteiger partial charge is 0.0776 e. The molecule has 2 aromatic rings. The average molecular weight is 234 g/mol. The Morgan fingerprint density at radius 2 is 2.06 bits per heavy atom. The third kappa shape index (κ3) is 1.96. The van der Waals surface area contributed by atoms with E-state index >= 15 is 0 Å². The standard InChI is InChI=1S/C11H18N6/c1-7-10(8(2)17(4)15-7)11(14-12)9-5-13-16(3)6-9/h5-6,11,14H,12H2,1-4H3. The minimum Gasteiger partial charge on any atom is -0.275 e. The first-order valence-electron chi connectivity index (χ1n) is 5.49. The van der Waals surface area contributed by atoms with Gasteiger partial charge in [0.2, 0.25) is 0 Å².